The van der Waals surface area contributed by atoms with Crippen molar-refractivity contribution in [3.8, 4) is 5.75 Å². The summed E-state index contributed by atoms with van der Waals surface area (Å²) in [6.07, 6.45) is 1.82. The van der Waals surface area contributed by atoms with Crippen molar-refractivity contribution in [1.82, 2.24) is 10.2 Å². The number of anilines is 1. The lowest BCUT2D eigenvalue weighted by Crippen LogP contribution is -2.53. The van der Waals surface area contributed by atoms with Gasteiger partial charge >= 0.3 is 0 Å². The van der Waals surface area contributed by atoms with Crippen molar-refractivity contribution >= 4 is 27.5 Å². The third-order valence-electron chi connectivity index (χ3n) is 7.60. The zero-order valence-electron chi connectivity index (χ0n) is 26.4. The molecule has 0 unspecified atom stereocenters. The molecule has 10 heteroatoms. The van der Waals surface area contributed by atoms with Crippen molar-refractivity contribution in [2.75, 3.05) is 24.5 Å². The minimum Gasteiger partial charge on any atom is -0.497 e. The molecule has 4 aromatic rings. The Kier molecular flexibility index (Phi) is 11.9. The van der Waals surface area contributed by atoms with E-state index in [0.717, 1.165) is 28.3 Å². The van der Waals surface area contributed by atoms with E-state index in [1.807, 2.05) is 44.2 Å². The Morgan fingerprint density at radius 1 is 0.891 bits per heavy atom. The first-order chi connectivity index (χ1) is 22.1. The Morgan fingerprint density at radius 3 is 2.24 bits per heavy atom. The largest absolute Gasteiger partial charge is 0.497 e. The minimum atomic E-state index is -4.25. The molecule has 0 aliphatic rings. The Bertz CT molecular complexity index is 1700. The fourth-order valence-electron chi connectivity index (χ4n) is 4.98. The smallest absolute Gasteiger partial charge is 0.264 e. The van der Waals surface area contributed by atoms with Crippen LogP contribution in [0.2, 0.25) is 0 Å². The number of carbonyl (C=O) groups excluding carboxylic acids is 2. The highest BCUT2D eigenvalue weighted by atomic mass is 32.2. The predicted octanol–water partition coefficient (Wildman–Crippen LogP) is 5.89. The third-order valence-corrected chi connectivity index (χ3v) is 9.38. The van der Waals surface area contributed by atoms with E-state index in [0.29, 0.717) is 17.9 Å². The van der Waals surface area contributed by atoms with Gasteiger partial charge in [0.15, 0.2) is 0 Å². The number of benzene rings is 4. The van der Waals surface area contributed by atoms with Crippen molar-refractivity contribution in [2.24, 2.45) is 0 Å². The molecule has 0 radical (unpaired) electrons. The van der Waals surface area contributed by atoms with Crippen LogP contribution in [0.25, 0.3) is 0 Å². The van der Waals surface area contributed by atoms with Gasteiger partial charge in [-0.15, -0.1) is 0 Å². The quantitative estimate of drug-likeness (QED) is 0.163. The standard InChI is InChI=1S/C36H40FN3O5S/c1-4-5-22-38-36(42)34(23-28-10-7-6-8-11-28)39(25-29-16-18-30(37)19-17-29)35(41)26-40(31-12-9-13-32(24-31)45-3)46(43,44)33-20-14-27(2)15-21-33/h6-21,24,34H,4-5,22-23,25-26H2,1-3H3,(H,38,42)/t34-/m1/s1. The molecule has 0 heterocycles. The molecule has 0 aliphatic heterocycles. The molecule has 0 spiro atoms. The summed E-state index contributed by atoms with van der Waals surface area (Å²) in [5.74, 6) is -0.987. The molecule has 1 atom stereocenters. The van der Waals surface area contributed by atoms with Gasteiger partial charge in [0.05, 0.1) is 17.7 Å². The maximum Gasteiger partial charge on any atom is 0.264 e. The number of halogens is 1. The highest BCUT2D eigenvalue weighted by Gasteiger charge is 2.34. The molecule has 8 nitrogen and oxygen atoms in total. The van der Waals surface area contributed by atoms with Crippen LogP contribution >= 0.6 is 0 Å². The monoisotopic (exact) mass is 645 g/mol. The van der Waals surface area contributed by atoms with Gasteiger partial charge in [-0.05, 0) is 60.9 Å². The average molecular weight is 646 g/mol. The molecule has 1 N–H and O–H groups in total. The molecule has 2 amide bonds. The Balaban J connectivity index is 1.80. The Labute approximate surface area is 270 Å². The molecular formula is C36H40FN3O5S. The van der Waals surface area contributed by atoms with Crippen LogP contribution in [-0.2, 0) is 32.6 Å². The van der Waals surface area contributed by atoms with Gasteiger partial charge in [-0.25, -0.2) is 12.8 Å². The summed E-state index contributed by atoms with van der Waals surface area (Å²) >= 11 is 0. The molecule has 0 bridgehead atoms. The van der Waals surface area contributed by atoms with Crippen LogP contribution in [0.4, 0.5) is 10.1 Å². The summed E-state index contributed by atoms with van der Waals surface area (Å²) in [5.41, 5.74) is 2.52. The zero-order chi connectivity index (χ0) is 33.1. The summed E-state index contributed by atoms with van der Waals surface area (Å²) in [6.45, 7) is 3.65. The minimum absolute atomic E-state index is 0.0111. The van der Waals surface area contributed by atoms with Crippen molar-refractivity contribution in [1.29, 1.82) is 0 Å². The van der Waals surface area contributed by atoms with Gasteiger partial charge in [0.2, 0.25) is 11.8 Å². The number of amides is 2. The van der Waals surface area contributed by atoms with E-state index >= 15 is 0 Å². The molecule has 0 saturated carbocycles. The maximum atomic E-state index is 14.5. The maximum absolute atomic E-state index is 14.5. The van der Waals surface area contributed by atoms with Crippen LogP contribution in [0.15, 0.2) is 108 Å². The van der Waals surface area contributed by atoms with E-state index in [1.165, 1.54) is 36.3 Å². The van der Waals surface area contributed by atoms with E-state index in [2.05, 4.69) is 5.32 Å². The second-order valence-electron chi connectivity index (χ2n) is 11.0. The summed E-state index contributed by atoms with van der Waals surface area (Å²) in [4.78, 5) is 29.7. The van der Waals surface area contributed by atoms with Crippen LogP contribution in [-0.4, -0.2) is 51.4 Å². The normalized spacial score (nSPS) is 11.8. The second-order valence-corrected chi connectivity index (χ2v) is 12.9. The molecule has 46 heavy (non-hydrogen) atoms. The van der Waals surface area contributed by atoms with Crippen LogP contribution in [0.3, 0.4) is 0 Å². The first-order valence-corrected chi connectivity index (χ1v) is 16.7. The second kappa shape index (κ2) is 16.0. The lowest BCUT2D eigenvalue weighted by molar-refractivity contribution is -0.140. The van der Waals surface area contributed by atoms with Gasteiger partial charge in [-0.3, -0.25) is 13.9 Å². The lowest BCUT2D eigenvalue weighted by Gasteiger charge is -2.34. The topological polar surface area (TPSA) is 96.0 Å². The van der Waals surface area contributed by atoms with E-state index in [1.54, 1.807) is 48.5 Å². The number of methoxy groups -OCH3 is 1. The molecule has 242 valence electrons. The summed E-state index contributed by atoms with van der Waals surface area (Å²) in [5, 5.41) is 2.95. The number of nitrogens with zero attached hydrogens (tertiary/aromatic N) is 2. The lowest BCUT2D eigenvalue weighted by atomic mass is 10.0. The van der Waals surface area contributed by atoms with E-state index in [-0.39, 0.29) is 29.5 Å². The number of nitrogens with one attached hydrogen (secondary N) is 1. The predicted molar refractivity (Wildman–Crippen MR) is 178 cm³/mol. The highest BCUT2D eigenvalue weighted by Crippen LogP contribution is 2.28. The van der Waals surface area contributed by atoms with E-state index < -0.39 is 34.3 Å². The van der Waals surface area contributed by atoms with Gasteiger partial charge < -0.3 is 15.0 Å². The number of carbonyl (C=O) groups is 2. The molecule has 0 saturated heterocycles. The molecule has 4 rings (SSSR count). The average Bonchev–Trinajstić information content (AvgIpc) is 3.06. The first-order valence-electron chi connectivity index (χ1n) is 15.2. The van der Waals surface area contributed by atoms with Crippen LogP contribution in [0.1, 0.15) is 36.5 Å². The molecule has 0 aliphatic carbocycles. The number of rotatable bonds is 15. The molecular weight excluding hydrogens is 605 g/mol. The number of hydrogen-bond donors (Lipinski definition) is 1. The third kappa shape index (κ3) is 8.94. The first kappa shape index (κ1) is 34.2. The van der Waals surface area contributed by atoms with Gasteiger partial charge in [0.25, 0.3) is 10.0 Å². The van der Waals surface area contributed by atoms with E-state index in [4.69, 9.17) is 4.74 Å². The summed E-state index contributed by atoms with van der Waals surface area (Å²) < 4.78 is 48.6. The Hall–Kier alpha value is -4.70. The number of hydrogen-bond acceptors (Lipinski definition) is 5. The van der Waals surface area contributed by atoms with Crippen molar-refractivity contribution in [3.63, 3.8) is 0 Å². The molecule has 0 aromatic heterocycles. The van der Waals surface area contributed by atoms with Gasteiger partial charge in [0.1, 0.15) is 24.2 Å². The number of unbranched alkanes of at least 4 members (excludes halogenated alkanes) is 1. The van der Waals surface area contributed by atoms with Gasteiger partial charge in [-0.2, -0.15) is 0 Å². The van der Waals surface area contributed by atoms with E-state index in [9.17, 15) is 22.4 Å². The van der Waals surface area contributed by atoms with Crippen molar-refractivity contribution < 1.29 is 27.1 Å². The van der Waals surface area contributed by atoms with Gasteiger partial charge in [-0.1, -0.05) is 79.6 Å². The van der Waals surface area contributed by atoms with Crippen molar-refractivity contribution in [2.45, 2.75) is 50.6 Å². The SMILES string of the molecule is CCCCNC(=O)[C@@H](Cc1ccccc1)N(Cc1ccc(F)cc1)C(=O)CN(c1cccc(OC)c1)S(=O)(=O)c1ccc(C)cc1. The van der Waals surface area contributed by atoms with Gasteiger partial charge in [0, 0.05) is 25.6 Å². The van der Waals surface area contributed by atoms with Crippen LogP contribution < -0.4 is 14.4 Å². The molecule has 0 fully saturated rings. The highest BCUT2D eigenvalue weighted by molar-refractivity contribution is 7.92. The molecule has 4 aromatic carbocycles. The van der Waals surface area contributed by atoms with Crippen LogP contribution in [0.5, 0.6) is 5.75 Å². The fraction of sp³-hybridized carbons (Fsp3) is 0.278. The number of ether oxygens (including phenoxy) is 1. The number of sulfonamides is 1. The van der Waals surface area contributed by atoms with Crippen molar-refractivity contribution in [3.05, 3.63) is 126 Å². The number of aryl methyl sites for hydroxylation is 1. The fourth-order valence-corrected chi connectivity index (χ4v) is 6.38. The Morgan fingerprint density at radius 2 is 1.59 bits per heavy atom. The zero-order valence-corrected chi connectivity index (χ0v) is 27.2. The van der Waals surface area contributed by atoms with Crippen LogP contribution in [0, 0.1) is 12.7 Å². The summed E-state index contributed by atoms with van der Waals surface area (Å²) in [6, 6.07) is 26.8. The summed E-state index contributed by atoms with van der Waals surface area (Å²) in [7, 11) is -2.77.